The van der Waals surface area contributed by atoms with Crippen LogP contribution in [0.25, 0.3) is 5.52 Å². The lowest BCUT2D eigenvalue weighted by Gasteiger charge is -2.48. The number of carbonyl (C=O) groups excluding carboxylic acids is 2. The summed E-state index contributed by atoms with van der Waals surface area (Å²) in [5, 5.41) is 6.82. The lowest BCUT2D eigenvalue weighted by Crippen LogP contribution is -2.59. The quantitative estimate of drug-likeness (QED) is 0.754. The Balaban J connectivity index is 1.27. The second kappa shape index (κ2) is 9.06. The molecule has 3 fully saturated rings. The van der Waals surface area contributed by atoms with Crippen LogP contribution in [0.1, 0.15) is 57.9 Å². The molecule has 4 heterocycles. The van der Waals surface area contributed by atoms with Gasteiger partial charge in [-0.2, -0.15) is 5.10 Å². The fourth-order valence-electron chi connectivity index (χ4n) is 5.82. The summed E-state index contributed by atoms with van der Waals surface area (Å²) in [6.45, 7) is 10.5. The Bertz CT molecular complexity index is 1030. The minimum Gasteiger partial charge on any atom is -0.296 e. The van der Waals surface area contributed by atoms with Gasteiger partial charge in [0.05, 0.1) is 17.4 Å². The smallest absolute Gasteiger partial charge is 0.296 e. The number of aromatic nitrogens is 2. The Morgan fingerprint density at radius 2 is 1.94 bits per heavy atom. The molecule has 3 aliphatic rings. The van der Waals surface area contributed by atoms with E-state index < -0.39 is 0 Å². The Kier molecular flexibility index (Phi) is 6.14. The third-order valence-electron chi connectivity index (χ3n) is 7.67. The number of hydrogen-bond acceptors (Lipinski definition) is 5. The number of anilines is 1. The van der Waals surface area contributed by atoms with Gasteiger partial charge in [0.15, 0.2) is 0 Å². The van der Waals surface area contributed by atoms with Gasteiger partial charge in [0.25, 0.3) is 0 Å². The zero-order valence-corrected chi connectivity index (χ0v) is 19.9. The lowest BCUT2D eigenvalue weighted by atomic mass is 9.87. The van der Waals surface area contributed by atoms with Gasteiger partial charge in [0, 0.05) is 57.4 Å². The zero-order valence-electron chi connectivity index (χ0n) is 19.9. The van der Waals surface area contributed by atoms with Gasteiger partial charge in [-0.1, -0.05) is 19.3 Å². The van der Waals surface area contributed by atoms with Crippen LogP contribution in [0.15, 0.2) is 24.5 Å². The molecule has 2 aliphatic heterocycles. The van der Waals surface area contributed by atoms with E-state index >= 15 is 0 Å². The van der Waals surface area contributed by atoms with Gasteiger partial charge in [-0.15, -0.1) is 0 Å². The monoisotopic (exact) mass is 452 g/mol. The van der Waals surface area contributed by atoms with Gasteiger partial charge in [0.2, 0.25) is 5.91 Å². The van der Waals surface area contributed by atoms with E-state index in [0.717, 1.165) is 43.3 Å². The molecule has 0 aromatic carbocycles. The minimum atomic E-state index is -0.373. The number of hydrogen-bond donors (Lipinski definition) is 1. The van der Waals surface area contributed by atoms with Crippen molar-refractivity contribution in [1.29, 1.82) is 0 Å². The highest BCUT2D eigenvalue weighted by Crippen LogP contribution is 2.30. The van der Waals surface area contributed by atoms with E-state index in [2.05, 4.69) is 46.2 Å². The molecule has 2 saturated heterocycles. The van der Waals surface area contributed by atoms with Crippen LogP contribution < -0.4 is 10.2 Å². The zero-order chi connectivity index (χ0) is 23.0. The molecular formula is C25H36N6O2. The molecule has 1 N–H and O–H groups in total. The van der Waals surface area contributed by atoms with Gasteiger partial charge in [-0.05, 0) is 50.3 Å². The molecule has 2 aromatic rings. The summed E-state index contributed by atoms with van der Waals surface area (Å²) in [5.74, 6) is 0.646. The van der Waals surface area contributed by atoms with Crippen molar-refractivity contribution in [2.45, 2.75) is 64.5 Å². The maximum absolute atomic E-state index is 12.3. The Hall–Kier alpha value is -2.45. The summed E-state index contributed by atoms with van der Waals surface area (Å²) in [6.07, 6.45) is 11.0. The van der Waals surface area contributed by atoms with Crippen LogP contribution >= 0.6 is 0 Å². The summed E-state index contributed by atoms with van der Waals surface area (Å²) in [6, 6.07) is 3.88. The van der Waals surface area contributed by atoms with E-state index in [1.165, 1.54) is 44.2 Å². The lowest BCUT2D eigenvalue weighted by molar-refractivity contribution is -0.120. The molecule has 0 unspecified atom stereocenters. The standard InChI is InChI=1S/C25H36N6O2/c1-25(2)18-28(12-13-29(25)17-19-6-4-3-5-7-19)16-20-8-11-31-21(14-20)22(15-26-31)30-10-9-23(32)27-24(30)33/h8,11,14-15,19H,3-7,9-10,12-13,16-18H2,1-2H3,(H,27,32,33). The first-order valence-corrected chi connectivity index (χ1v) is 12.4. The first kappa shape index (κ1) is 22.3. The highest BCUT2D eigenvalue weighted by Gasteiger charge is 2.35. The van der Waals surface area contributed by atoms with Gasteiger partial charge >= 0.3 is 6.03 Å². The summed E-state index contributed by atoms with van der Waals surface area (Å²) in [7, 11) is 0. The third kappa shape index (κ3) is 4.77. The predicted molar refractivity (Wildman–Crippen MR) is 128 cm³/mol. The molecule has 0 radical (unpaired) electrons. The van der Waals surface area contributed by atoms with Gasteiger partial charge in [0.1, 0.15) is 0 Å². The van der Waals surface area contributed by atoms with E-state index in [-0.39, 0.29) is 17.5 Å². The van der Waals surface area contributed by atoms with Gasteiger partial charge in [-0.3, -0.25) is 24.8 Å². The van der Waals surface area contributed by atoms with E-state index in [0.29, 0.717) is 13.0 Å². The van der Waals surface area contributed by atoms with E-state index in [9.17, 15) is 9.59 Å². The summed E-state index contributed by atoms with van der Waals surface area (Å²) in [4.78, 5) is 30.7. The molecule has 3 amide bonds. The van der Waals surface area contributed by atoms with Crippen LogP contribution in [-0.4, -0.2) is 69.6 Å². The average Bonchev–Trinajstić information content (AvgIpc) is 3.19. The van der Waals surface area contributed by atoms with E-state index in [4.69, 9.17) is 0 Å². The number of nitrogens with one attached hydrogen (secondary N) is 1. The molecule has 33 heavy (non-hydrogen) atoms. The van der Waals surface area contributed by atoms with Crippen molar-refractivity contribution in [1.82, 2.24) is 24.7 Å². The number of imide groups is 1. The van der Waals surface area contributed by atoms with Crippen molar-refractivity contribution in [2.24, 2.45) is 5.92 Å². The highest BCUT2D eigenvalue weighted by atomic mass is 16.2. The number of nitrogens with zero attached hydrogens (tertiary/aromatic N) is 5. The minimum absolute atomic E-state index is 0.167. The van der Waals surface area contributed by atoms with Crippen molar-refractivity contribution in [3.63, 3.8) is 0 Å². The van der Waals surface area contributed by atoms with Crippen LogP contribution in [0.2, 0.25) is 0 Å². The molecule has 5 rings (SSSR count). The fourth-order valence-corrected chi connectivity index (χ4v) is 5.82. The van der Waals surface area contributed by atoms with E-state index in [1.807, 2.05) is 6.20 Å². The molecule has 0 bridgehead atoms. The second-order valence-corrected chi connectivity index (χ2v) is 10.6. The topological polar surface area (TPSA) is 73.2 Å². The highest BCUT2D eigenvalue weighted by molar-refractivity contribution is 6.07. The Morgan fingerprint density at radius 3 is 2.70 bits per heavy atom. The number of urea groups is 1. The fraction of sp³-hybridized carbons (Fsp3) is 0.640. The maximum atomic E-state index is 12.3. The van der Waals surface area contributed by atoms with Crippen LogP contribution in [-0.2, 0) is 11.3 Å². The molecule has 0 atom stereocenters. The first-order valence-electron chi connectivity index (χ1n) is 12.4. The normalized spacial score (nSPS) is 23.3. The van der Waals surface area contributed by atoms with Crippen LogP contribution in [0.3, 0.4) is 0 Å². The Morgan fingerprint density at radius 1 is 1.12 bits per heavy atom. The van der Waals surface area contributed by atoms with Gasteiger partial charge in [-0.25, -0.2) is 9.31 Å². The van der Waals surface area contributed by atoms with Crippen LogP contribution in [0, 0.1) is 5.92 Å². The maximum Gasteiger partial charge on any atom is 0.328 e. The largest absolute Gasteiger partial charge is 0.328 e. The molecule has 178 valence electrons. The van der Waals surface area contributed by atoms with Crippen LogP contribution in [0.4, 0.5) is 10.5 Å². The Labute approximate surface area is 195 Å². The molecule has 0 spiro atoms. The number of piperazine rings is 1. The van der Waals surface area contributed by atoms with Crippen molar-refractivity contribution >= 4 is 23.1 Å². The molecule has 2 aromatic heterocycles. The first-order chi connectivity index (χ1) is 15.9. The number of carbonyl (C=O) groups is 2. The second-order valence-electron chi connectivity index (χ2n) is 10.6. The average molecular weight is 453 g/mol. The summed E-state index contributed by atoms with van der Waals surface area (Å²) < 4.78 is 1.80. The molecule has 1 aliphatic carbocycles. The SMILES string of the molecule is CC1(C)CN(Cc2ccn3ncc(N4CCC(=O)NC4=O)c3c2)CCN1CC1CCCCC1. The van der Waals surface area contributed by atoms with Crippen molar-refractivity contribution in [3.05, 3.63) is 30.1 Å². The summed E-state index contributed by atoms with van der Waals surface area (Å²) >= 11 is 0. The molecule has 8 nitrogen and oxygen atoms in total. The number of pyridine rings is 1. The number of rotatable bonds is 5. The van der Waals surface area contributed by atoms with Gasteiger partial charge < -0.3 is 0 Å². The van der Waals surface area contributed by atoms with Crippen molar-refractivity contribution in [2.75, 3.05) is 37.6 Å². The summed E-state index contributed by atoms with van der Waals surface area (Å²) in [5.41, 5.74) is 3.03. The number of amides is 3. The van der Waals surface area contributed by atoms with Crippen LogP contribution in [0.5, 0.6) is 0 Å². The van der Waals surface area contributed by atoms with Crippen molar-refractivity contribution in [3.8, 4) is 0 Å². The molecule has 1 saturated carbocycles. The number of fused-ring (bicyclic) bond motifs is 1. The predicted octanol–water partition coefficient (Wildman–Crippen LogP) is 3.26. The molecule has 8 heteroatoms. The molecular weight excluding hydrogens is 416 g/mol. The van der Waals surface area contributed by atoms with Crippen molar-refractivity contribution < 1.29 is 9.59 Å². The third-order valence-corrected chi connectivity index (χ3v) is 7.67. The van der Waals surface area contributed by atoms with E-state index in [1.54, 1.807) is 15.6 Å².